The Morgan fingerprint density at radius 3 is 2.00 bits per heavy atom. The highest BCUT2D eigenvalue weighted by Gasteiger charge is 2.05. The summed E-state index contributed by atoms with van der Waals surface area (Å²) in [6.45, 7) is 2.26. The molecule has 0 amide bonds. The Bertz CT molecular complexity index is 128. The summed E-state index contributed by atoms with van der Waals surface area (Å²) in [5, 5.41) is 0. The van der Waals surface area contributed by atoms with Crippen LogP contribution in [-0.2, 0) is 4.74 Å². The average molecular weight is 249 g/mol. The van der Waals surface area contributed by atoms with Crippen LogP contribution in [0.5, 0.6) is 0 Å². The molecular formula is C14H29ClO. The molecule has 0 saturated carbocycles. The molecule has 0 aromatic rings. The zero-order chi connectivity index (χ0) is 12.1. The molecule has 0 radical (unpaired) electrons. The number of rotatable bonds is 12. The van der Waals surface area contributed by atoms with Crippen LogP contribution in [0.1, 0.15) is 71.1 Å². The molecule has 1 nitrogen and oxygen atoms in total. The van der Waals surface area contributed by atoms with Gasteiger partial charge in [-0.1, -0.05) is 51.9 Å². The van der Waals surface area contributed by atoms with Crippen LogP contribution in [0.2, 0.25) is 0 Å². The molecule has 0 saturated heterocycles. The number of unbranched alkanes of at least 4 members (excludes halogenated alkanes) is 6. The maximum atomic E-state index is 5.68. The monoisotopic (exact) mass is 248 g/mol. The van der Waals surface area contributed by atoms with Crippen LogP contribution in [0.3, 0.4) is 0 Å². The van der Waals surface area contributed by atoms with Gasteiger partial charge in [-0.15, -0.1) is 11.6 Å². The summed E-state index contributed by atoms with van der Waals surface area (Å²) in [6.07, 6.45) is 13.5. The molecule has 98 valence electrons. The minimum absolute atomic E-state index is 0.439. The summed E-state index contributed by atoms with van der Waals surface area (Å²) in [5.41, 5.74) is 0. The van der Waals surface area contributed by atoms with Gasteiger partial charge in [-0.2, -0.15) is 0 Å². The standard InChI is InChI=1S/C14H29ClO/c1-3-4-5-6-7-8-9-11-14(16-2)12-10-13-15/h14H,3-13H2,1-2H3/t14-/m1/s1. The Morgan fingerprint density at radius 2 is 1.44 bits per heavy atom. The predicted molar refractivity (Wildman–Crippen MR) is 73.4 cm³/mol. The Labute approximate surface area is 107 Å². The largest absolute Gasteiger partial charge is 0.381 e. The Morgan fingerprint density at radius 1 is 0.875 bits per heavy atom. The van der Waals surface area contributed by atoms with Crippen molar-refractivity contribution in [1.29, 1.82) is 0 Å². The van der Waals surface area contributed by atoms with E-state index in [1.54, 1.807) is 0 Å². The fraction of sp³-hybridized carbons (Fsp3) is 1.00. The predicted octanol–water partition coefficient (Wildman–Crippen LogP) is 5.16. The Balaban J connectivity index is 3.20. The molecule has 0 unspecified atom stereocenters. The van der Waals surface area contributed by atoms with Crippen LogP contribution in [0.4, 0.5) is 0 Å². The molecule has 1 atom stereocenters. The normalized spacial score (nSPS) is 12.9. The molecule has 0 spiro atoms. The Hall–Kier alpha value is 0.250. The highest BCUT2D eigenvalue weighted by atomic mass is 35.5. The Kier molecular flexibility index (Phi) is 13.5. The van der Waals surface area contributed by atoms with Crippen LogP contribution in [0.15, 0.2) is 0 Å². The number of hydrogen-bond acceptors (Lipinski definition) is 1. The van der Waals surface area contributed by atoms with Crippen molar-refractivity contribution >= 4 is 11.6 Å². The zero-order valence-electron chi connectivity index (χ0n) is 11.1. The summed E-state index contributed by atoms with van der Waals surface area (Å²) in [5.74, 6) is 0.761. The molecule has 0 aliphatic heterocycles. The van der Waals surface area contributed by atoms with Gasteiger partial charge in [0.1, 0.15) is 0 Å². The molecule has 0 aliphatic carbocycles. The van der Waals surface area contributed by atoms with Gasteiger partial charge in [0.15, 0.2) is 0 Å². The van der Waals surface area contributed by atoms with Gasteiger partial charge in [-0.3, -0.25) is 0 Å². The van der Waals surface area contributed by atoms with Crippen molar-refractivity contribution in [3.63, 3.8) is 0 Å². The first kappa shape index (κ1) is 16.2. The number of ether oxygens (including phenoxy) is 1. The summed E-state index contributed by atoms with van der Waals surface area (Å²) in [4.78, 5) is 0. The maximum Gasteiger partial charge on any atom is 0.0571 e. The van der Waals surface area contributed by atoms with Gasteiger partial charge in [0.2, 0.25) is 0 Å². The van der Waals surface area contributed by atoms with E-state index in [-0.39, 0.29) is 0 Å². The van der Waals surface area contributed by atoms with E-state index < -0.39 is 0 Å². The van der Waals surface area contributed by atoms with Gasteiger partial charge in [-0.05, 0) is 19.3 Å². The minimum Gasteiger partial charge on any atom is -0.381 e. The van der Waals surface area contributed by atoms with Crippen molar-refractivity contribution in [1.82, 2.24) is 0 Å². The average Bonchev–Trinajstić information content (AvgIpc) is 2.32. The van der Waals surface area contributed by atoms with E-state index in [4.69, 9.17) is 16.3 Å². The van der Waals surface area contributed by atoms with E-state index in [9.17, 15) is 0 Å². The van der Waals surface area contributed by atoms with Crippen LogP contribution < -0.4 is 0 Å². The lowest BCUT2D eigenvalue weighted by atomic mass is 10.0. The second kappa shape index (κ2) is 13.3. The third-order valence-corrected chi connectivity index (χ3v) is 3.39. The fourth-order valence-electron chi connectivity index (χ4n) is 2.01. The summed E-state index contributed by atoms with van der Waals surface area (Å²) >= 11 is 5.68. The third kappa shape index (κ3) is 10.8. The summed E-state index contributed by atoms with van der Waals surface area (Å²) in [7, 11) is 1.82. The van der Waals surface area contributed by atoms with Crippen molar-refractivity contribution in [2.24, 2.45) is 0 Å². The SMILES string of the molecule is CCCCCCCCC[C@H](CCCCl)OC. The van der Waals surface area contributed by atoms with Crippen LogP contribution >= 0.6 is 11.6 Å². The molecule has 0 aromatic carbocycles. The van der Waals surface area contributed by atoms with Gasteiger partial charge in [0, 0.05) is 13.0 Å². The second-order valence-corrected chi connectivity index (χ2v) is 4.98. The van der Waals surface area contributed by atoms with E-state index in [0.717, 1.165) is 18.7 Å². The molecule has 0 fully saturated rings. The summed E-state index contributed by atoms with van der Waals surface area (Å²) < 4.78 is 5.44. The first-order valence-corrected chi connectivity index (χ1v) is 7.47. The zero-order valence-corrected chi connectivity index (χ0v) is 11.9. The van der Waals surface area contributed by atoms with E-state index >= 15 is 0 Å². The molecule has 2 heteroatoms. The number of alkyl halides is 1. The van der Waals surface area contributed by atoms with Gasteiger partial charge < -0.3 is 4.74 Å². The third-order valence-electron chi connectivity index (χ3n) is 3.12. The molecule has 0 aliphatic rings. The van der Waals surface area contributed by atoms with Crippen molar-refractivity contribution in [3.8, 4) is 0 Å². The minimum atomic E-state index is 0.439. The van der Waals surface area contributed by atoms with Gasteiger partial charge in [0.05, 0.1) is 6.10 Å². The van der Waals surface area contributed by atoms with E-state index in [1.807, 2.05) is 7.11 Å². The molecule has 0 heterocycles. The van der Waals surface area contributed by atoms with E-state index in [1.165, 1.54) is 51.4 Å². The first-order chi connectivity index (χ1) is 7.85. The lowest BCUT2D eigenvalue weighted by Crippen LogP contribution is -2.10. The van der Waals surface area contributed by atoms with Crippen molar-refractivity contribution in [3.05, 3.63) is 0 Å². The highest BCUT2D eigenvalue weighted by molar-refractivity contribution is 6.17. The van der Waals surface area contributed by atoms with Crippen molar-refractivity contribution in [2.45, 2.75) is 77.2 Å². The van der Waals surface area contributed by atoms with E-state index in [0.29, 0.717) is 6.10 Å². The number of halogens is 1. The smallest absolute Gasteiger partial charge is 0.0571 e. The van der Waals surface area contributed by atoms with Crippen LogP contribution in [0, 0.1) is 0 Å². The number of methoxy groups -OCH3 is 1. The highest BCUT2D eigenvalue weighted by Crippen LogP contribution is 2.14. The fourth-order valence-corrected chi connectivity index (χ4v) is 2.17. The van der Waals surface area contributed by atoms with Crippen molar-refractivity contribution < 1.29 is 4.74 Å². The quantitative estimate of drug-likeness (QED) is 0.342. The summed E-state index contributed by atoms with van der Waals surface area (Å²) in [6, 6.07) is 0. The van der Waals surface area contributed by atoms with Gasteiger partial charge in [-0.25, -0.2) is 0 Å². The number of hydrogen-bond donors (Lipinski definition) is 0. The molecular weight excluding hydrogens is 220 g/mol. The molecule has 0 bridgehead atoms. The van der Waals surface area contributed by atoms with Crippen LogP contribution in [0.25, 0.3) is 0 Å². The lowest BCUT2D eigenvalue weighted by molar-refractivity contribution is 0.0851. The molecule has 0 N–H and O–H groups in total. The topological polar surface area (TPSA) is 9.23 Å². The second-order valence-electron chi connectivity index (χ2n) is 4.60. The van der Waals surface area contributed by atoms with Crippen LogP contribution in [-0.4, -0.2) is 19.1 Å². The molecule has 16 heavy (non-hydrogen) atoms. The maximum absolute atomic E-state index is 5.68. The lowest BCUT2D eigenvalue weighted by Gasteiger charge is -2.14. The van der Waals surface area contributed by atoms with Crippen molar-refractivity contribution in [2.75, 3.05) is 13.0 Å². The molecule has 0 rings (SSSR count). The van der Waals surface area contributed by atoms with Gasteiger partial charge in [0.25, 0.3) is 0 Å². The molecule has 0 aromatic heterocycles. The van der Waals surface area contributed by atoms with Gasteiger partial charge >= 0.3 is 0 Å². The van der Waals surface area contributed by atoms with E-state index in [2.05, 4.69) is 6.92 Å². The first-order valence-electron chi connectivity index (χ1n) is 6.93.